The van der Waals surface area contributed by atoms with E-state index >= 15 is 0 Å². The first kappa shape index (κ1) is 13.4. The van der Waals surface area contributed by atoms with Gasteiger partial charge in [0.15, 0.2) is 0 Å². The van der Waals surface area contributed by atoms with Crippen molar-refractivity contribution in [3.63, 3.8) is 0 Å². The highest BCUT2D eigenvalue weighted by Crippen LogP contribution is 2.50. The fourth-order valence-corrected chi connectivity index (χ4v) is 5.12. The molecule has 0 spiro atoms. The summed E-state index contributed by atoms with van der Waals surface area (Å²) in [5.41, 5.74) is 6.02. The number of aromatic nitrogens is 1. The maximum atomic E-state index is 2.73. The molecule has 0 unspecified atom stereocenters. The number of rotatable bonds is 1. The summed E-state index contributed by atoms with van der Waals surface area (Å²) in [6.45, 7) is 2.39. The van der Waals surface area contributed by atoms with Gasteiger partial charge in [0.25, 0.3) is 0 Å². The predicted octanol–water partition coefficient (Wildman–Crippen LogP) is 4.07. The van der Waals surface area contributed by atoms with Crippen LogP contribution in [0.1, 0.15) is 29.7 Å². The number of hydrogen-bond acceptors (Lipinski definition) is 1. The van der Waals surface area contributed by atoms with Gasteiger partial charge in [-0.3, -0.25) is 4.90 Å². The highest BCUT2D eigenvalue weighted by Gasteiger charge is 2.49. The summed E-state index contributed by atoms with van der Waals surface area (Å²) in [5.74, 6) is 0. The van der Waals surface area contributed by atoms with Gasteiger partial charge in [0.05, 0.1) is 5.54 Å². The number of fused-ring (bicyclic) bond motifs is 5. The predicted molar refractivity (Wildman–Crippen MR) is 94.7 cm³/mol. The number of hydrogen-bond donors (Lipinski definition) is 0. The molecule has 3 aromatic rings. The van der Waals surface area contributed by atoms with Crippen molar-refractivity contribution in [3.05, 3.63) is 71.4 Å². The zero-order valence-electron chi connectivity index (χ0n) is 13.6. The van der Waals surface area contributed by atoms with Crippen LogP contribution in [-0.2, 0) is 19.0 Å². The van der Waals surface area contributed by atoms with E-state index in [0.717, 1.165) is 0 Å². The molecule has 0 amide bonds. The van der Waals surface area contributed by atoms with E-state index < -0.39 is 0 Å². The van der Waals surface area contributed by atoms with Crippen LogP contribution >= 0.6 is 0 Å². The van der Waals surface area contributed by atoms with Crippen LogP contribution in [0.25, 0.3) is 10.9 Å². The van der Waals surface area contributed by atoms with Gasteiger partial charge in [0, 0.05) is 30.2 Å². The lowest BCUT2D eigenvalue weighted by Gasteiger charge is -2.44. The molecule has 1 atom stereocenters. The fraction of sp³-hybridized carbons (Fsp3) is 0.333. The van der Waals surface area contributed by atoms with Gasteiger partial charge in [-0.25, -0.2) is 0 Å². The van der Waals surface area contributed by atoms with E-state index in [0.29, 0.717) is 0 Å². The van der Waals surface area contributed by atoms with Crippen LogP contribution in [0.15, 0.2) is 54.6 Å². The first-order valence-corrected chi connectivity index (χ1v) is 8.70. The summed E-state index contributed by atoms with van der Waals surface area (Å²) in [7, 11) is 2.26. The quantitative estimate of drug-likeness (QED) is 0.658. The Morgan fingerprint density at radius 3 is 2.57 bits per heavy atom. The molecule has 0 radical (unpaired) electrons. The summed E-state index contributed by atoms with van der Waals surface area (Å²) >= 11 is 0. The van der Waals surface area contributed by atoms with Crippen molar-refractivity contribution in [1.29, 1.82) is 0 Å². The van der Waals surface area contributed by atoms with E-state index in [1.54, 1.807) is 5.56 Å². The Labute approximate surface area is 137 Å². The molecule has 5 rings (SSSR count). The Bertz CT molecular complexity index is 877. The molecule has 0 aliphatic carbocycles. The van der Waals surface area contributed by atoms with Crippen molar-refractivity contribution < 1.29 is 0 Å². The van der Waals surface area contributed by atoms with Crippen LogP contribution in [0.5, 0.6) is 0 Å². The van der Waals surface area contributed by atoms with E-state index in [1.807, 2.05) is 0 Å². The molecule has 116 valence electrons. The molecular weight excluding hydrogens is 280 g/mol. The number of nitrogens with zero attached hydrogens (tertiary/aromatic N) is 2. The maximum Gasteiger partial charge on any atom is 0.0872 e. The second kappa shape index (κ2) is 4.72. The van der Waals surface area contributed by atoms with E-state index in [-0.39, 0.29) is 5.54 Å². The molecule has 0 saturated carbocycles. The third-order valence-corrected chi connectivity index (χ3v) is 5.99. The van der Waals surface area contributed by atoms with E-state index in [2.05, 4.69) is 71.1 Å². The molecule has 2 nitrogen and oxygen atoms in total. The minimum atomic E-state index is 0.0720. The van der Waals surface area contributed by atoms with Crippen LogP contribution in [0.2, 0.25) is 0 Å². The second-order valence-corrected chi connectivity index (χ2v) is 6.97. The lowest BCUT2D eigenvalue weighted by atomic mass is 9.79. The Kier molecular flexibility index (Phi) is 2.75. The topological polar surface area (TPSA) is 8.17 Å². The lowest BCUT2D eigenvalue weighted by molar-refractivity contribution is 0.156. The summed E-state index contributed by atoms with van der Waals surface area (Å²) < 4.78 is 2.47. The first-order valence-electron chi connectivity index (χ1n) is 8.70. The average Bonchev–Trinajstić information content (AvgIpc) is 3.17. The van der Waals surface area contributed by atoms with Crippen LogP contribution in [0.3, 0.4) is 0 Å². The number of para-hydroxylation sites is 1. The molecule has 3 heterocycles. The normalized spacial score (nSPS) is 23.9. The molecule has 0 N–H and O–H groups in total. The molecule has 2 aliphatic heterocycles. The fourth-order valence-electron chi connectivity index (χ4n) is 5.12. The molecule has 0 bridgehead atoms. The van der Waals surface area contributed by atoms with Gasteiger partial charge >= 0.3 is 0 Å². The van der Waals surface area contributed by atoms with Crippen molar-refractivity contribution in [2.75, 3.05) is 13.1 Å². The summed E-state index contributed by atoms with van der Waals surface area (Å²) in [6, 6.07) is 20.1. The Morgan fingerprint density at radius 2 is 1.70 bits per heavy atom. The monoisotopic (exact) mass is 302 g/mol. The minimum Gasteiger partial charge on any atom is -0.345 e. The maximum absolute atomic E-state index is 2.73. The van der Waals surface area contributed by atoms with Crippen molar-refractivity contribution in [2.45, 2.75) is 24.8 Å². The Morgan fingerprint density at radius 1 is 0.913 bits per heavy atom. The summed E-state index contributed by atoms with van der Waals surface area (Å²) in [5, 5.41) is 1.45. The summed E-state index contributed by atoms with van der Waals surface area (Å²) in [4.78, 5) is 2.73. The molecule has 2 aromatic carbocycles. The van der Waals surface area contributed by atoms with Crippen molar-refractivity contribution >= 4 is 10.9 Å². The lowest BCUT2D eigenvalue weighted by Crippen LogP contribution is -2.48. The zero-order chi connectivity index (χ0) is 15.4. The molecule has 1 fully saturated rings. The third-order valence-electron chi connectivity index (χ3n) is 5.99. The van der Waals surface area contributed by atoms with Crippen molar-refractivity contribution in [3.8, 4) is 0 Å². The molecule has 1 aromatic heterocycles. The average molecular weight is 302 g/mol. The van der Waals surface area contributed by atoms with Crippen LogP contribution in [0, 0.1) is 0 Å². The van der Waals surface area contributed by atoms with Gasteiger partial charge in [-0.05, 0) is 43.0 Å². The molecule has 23 heavy (non-hydrogen) atoms. The third kappa shape index (κ3) is 1.62. The highest BCUT2D eigenvalue weighted by molar-refractivity contribution is 5.86. The van der Waals surface area contributed by atoms with Crippen LogP contribution in [0.4, 0.5) is 0 Å². The largest absolute Gasteiger partial charge is 0.345 e. The second-order valence-electron chi connectivity index (χ2n) is 6.97. The Balaban J connectivity index is 1.88. The Hall–Kier alpha value is -2.06. The van der Waals surface area contributed by atoms with E-state index in [1.165, 1.54) is 54.5 Å². The number of aryl methyl sites for hydroxylation is 1. The van der Waals surface area contributed by atoms with Gasteiger partial charge in [0.2, 0.25) is 0 Å². The van der Waals surface area contributed by atoms with E-state index in [9.17, 15) is 0 Å². The standard InChI is InChI=1S/C21H22N2/c1-22-19-11-6-5-10-17(19)18-12-15-23-14-7-13-21(23,20(18)22)16-8-3-2-4-9-16/h2-6,8-11H,7,12-15H2,1H3/t21-/m0/s1. The van der Waals surface area contributed by atoms with Gasteiger partial charge < -0.3 is 4.57 Å². The SMILES string of the molecule is Cn1c2c(c3ccccc31)CCN1CCC[C@]21c1ccccc1. The van der Waals surface area contributed by atoms with Gasteiger partial charge in [-0.1, -0.05) is 48.5 Å². The highest BCUT2D eigenvalue weighted by atomic mass is 15.3. The zero-order valence-corrected chi connectivity index (χ0v) is 13.6. The molecule has 2 heteroatoms. The number of benzene rings is 2. The first-order chi connectivity index (χ1) is 11.3. The molecular formula is C21H22N2. The van der Waals surface area contributed by atoms with Crippen molar-refractivity contribution in [1.82, 2.24) is 9.47 Å². The molecule has 2 aliphatic rings. The van der Waals surface area contributed by atoms with E-state index in [4.69, 9.17) is 0 Å². The van der Waals surface area contributed by atoms with Gasteiger partial charge in [-0.15, -0.1) is 0 Å². The van der Waals surface area contributed by atoms with Crippen molar-refractivity contribution in [2.24, 2.45) is 7.05 Å². The summed E-state index contributed by atoms with van der Waals surface area (Å²) in [6.07, 6.45) is 3.69. The smallest absolute Gasteiger partial charge is 0.0872 e. The minimum absolute atomic E-state index is 0.0720. The van der Waals surface area contributed by atoms with Gasteiger partial charge in [0.1, 0.15) is 0 Å². The molecule has 1 saturated heterocycles. The van der Waals surface area contributed by atoms with Gasteiger partial charge in [-0.2, -0.15) is 0 Å². The van der Waals surface area contributed by atoms with Crippen LogP contribution in [-0.4, -0.2) is 22.6 Å². The van der Waals surface area contributed by atoms with Crippen LogP contribution < -0.4 is 0 Å².